The summed E-state index contributed by atoms with van der Waals surface area (Å²) in [6.07, 6.45) is -4.82. The number of hydrogen-bond acceptors (Lipinski definition) is 2. The van der Waals surface area contributed by atoms with Crippen LogP contribution in [0.3, 0.4) is 0 Å². The van der Waals surface area contributed by atoms with Crippen molar-refractivity contribution in [3.05, 3.63) is 22.7 Å². The molecule has 0 fully saturated rings. The molecule has 16 heavy (non-hydrogen) atoms. The molecule has 0 N–H and O–H groups in total. The second-order valence-corrected chi connectivity index (χ2v) is 4.16. The highest BCUT2D eigenvalue weighted by molar-refractivity contribution is 9.10. The molecule has 0 atom stereocenters. The van der Waals surface area contributed by atoms with Crippen LogP contribution in [0.5, 0.6) is 11.5 Å². The van der Waals surface area contributed by atoms with Gasteiger partial charge in [0.2, 0.25) is 0 Å². The minimum Gasteiger partial charge on any atom is -0.490 e. The van der Waals surface area contributed by atoms with Crippen LogP contribution in [0.1, 0.15) is 13.8 Å². The second-order valence-electron chi connectivity index (χ2n) is 3.31. The van der Waals surface area contributed by atoms with E-state index in [1.807, 2.05) is 0 Å². The molecular formula is C10H10BrF3O2. The number of benzene rings is 1. The van der Waals surface area contributed by atoms with Gasteiger partial charge in [0.15, 0.2) is 0 Å². The Morgan fingerprint density at radius 3 is 2.38 bits per heavy atom. The van der Waals surface area contributed by atoms with Gasteiger partial charge in [-0.15, -0.1) is 13.2 Å². The molecule has 0 aromatic heterocycles. The van der Waals surface area contributed by atoms with Gasteiger partial charge in [0.25, 0.3) is 0 Å². The summed E-state index contributed by atoms with van der Waals surface area (Å²) in [4.78, 5) is 0. The topological polar surface area (TPSA) is 18.5 Å². The fourth-order valence-corrected chi connectivity index (χ4v) is 1.37. The molecule has 2 nitrogen and oxygen atoms in total. The molecule has 90 valence electrons. The number of ether oxygens (including phenoxy) is 2. The Labute approximate surface area is 99.5 Å². The van der Waals surface area contributed by atoms with E-state index < -0.39 is 6.36 Å². The van der Waals surface area contributed by atoms with Crippen LogP contribution in [0.4, 0.5) is 13.2 Å². The quantitative estimate of drug-likeness (QED) is 0.835. The zero-order valence-electron chi connectivity index (χ0n) is 8.64. The Morgan fingerprint density at radius 2 is 1.88 bits per heavy atom. The molecule has 1 aromatic rings. The summed E-state index contributed by atoms with van der Waals surface area (Å²) in [5, 5.41) is 0. The summed E-state index contributed by atoms with van der Waals surface area (Å²) in [5.41, 5.74) is 0. The predicted octanol–water partition coefficient (Wildman–Crippen LogP) is 4.13. The van der Waals surface area contributed by atoms with Crippen molar-refractivity contribution >= 4 is 15.9 Å². The first-order valence-corrected chi connectivity index (χ1v) is 5.29. The van der Waals surface area contributed by atoms with Crippen molar-refractivity contribution in [3.63, 3.8) is 0 Å². The van der Waals surface area contributed by atoms with Crippen molar-refractivity contribution in [2.45, 2.75) is 26.3 Å². The first-order chi connectivity index (χ1) is 7.28. The molecule has 0 saturated carbocycles. The molecule has 0 heterocycles. The number of halogens is 4. The highest BCUT2D eigenvalue weighted by Gasteiger charge is 2.31. The van der Waals surface area contributed by atoms with Gasteiger partial charge in [0, 0.05) is 6.07 Å². The lowest BCUT2D eigenvalue weighted by Gasteiger charge is -2.14. The van der Waals surface area contributed by atoms with E-state index in [4.69, 9.17) is 4.74 Å². The highest BCUT2D eigenvalue weighted by Crippen LogP contribution is 2.32. The fraction of sp³-hybridized carbons (Fsp3) is 0.400. The molecule has 0 bridgehead atoms. The molecule has 6 heteroatoms. The smallest absolute Gasteiger partial charge is 0.490 e. The summed E-state index contributed by atoms with van der Waals surface area (Å²) in [6.45, 7) is 3.56. The third kappa shape index (κ3) is 4.30. The third-order valence-corrected chi connectivity index (χ3v) is 2.15. The molecule has 0 unspecified atom stereocenters. The molecule has 0 saturated heterocycles. The van der Waals surface area contributed by atoms with Crippen molar-refractivity contribution in [1.29, 1.82) is 0 Å². The van der Waals surface area contributed by atoms with Crippen LogP contribution < -0.4 is 9.47 Å². The minimum absolute atomic E-state index is 0.127. The molecule has 0 aliphatic rings. The van der Waals surface area contributed by atoms with Crippen LogP contribution in [0.25, 0.3) is 0 Å². The molecule has 1 rings (SSSR count). The molecule has 0 radical (unpaired) electrons. The Balaban J connectivity index is 2.89. The van der Waals surface area contributed by atoms with Crippen molar-refractivity contribution in [2.24, 2.45) is 0 Å². The zero-order valence-corrected chi connectivity index (χ0v) is 10.2. The van der Waals surface area contributed by atoms with Gasteiger partial charge in [-0.3, -0.25) is 0 Å². The monoisotopic (exact) mass is 298 g/mol. The number of alkyl halides is 3. The van der Waals surface area contributed by atoms with Gasteiger partial charge in [-0.2, -0.15) is 0 Å². The Bertz CT molecular complexity index is 364. The molecule has 0 amide bonds. The van der Waals surface area contributed by atoms with Gasteiger partial charge >= 0.3 is 6.36 Å². The number of rotatable bonds is 3. The number of hydrogen-bond donors (Lipinski definition) is 0. The Kier molecular flexibility index (Phi) is 4.07. The standard InChI is InChI=1S/C10H10BrF3O2/c1-6(2)15-9-5-7(3-4-8(9)11)16-10(12,13)14/h3-6H,1-2H3. The van der Waals surface area contributed by atoms with Crippen molar-refractivity contribution < 1.29 is 22.6 Å². The molecular weight excluding hydrogens is 289 g/mol. The molecule has 0 aliphatic carbocycles. The van der Waals surface area contributed by atoms with E-state index in [0.29, 0.717) is 10.2 Å². The van der Waals surface area contributed by atoms with E-state index in [2.05, 4.69) is 20.7 Å². The van der Waals surface area contributed by atoms with Gasteiger partial charge in [0.1, 0.15) is 11.5 Å². The summed E-state index contributed by atoms with van der Waals surface area (Å²) in [5.74, 6) is 0.0168. The van der Waals surface area contributed by atoms with E-state index in [0.717, 1.165) is 0 Å². The van der Waals surface area contributed by atoms with Crippen LogP contribution >= 0.6 is 15.9 Å². The van der Waals surface area contributed by atoms with Gasteiger partial charge in [-0.05, 0) is 41.9 Å². The predicted molar refractivity (Wildman–Crippen MR) is 56.6 cm³/mol. The Morgan fingerprint density at radius 1 is 1.25 bits per heavy atom. The summed E-state index contributed by atoms with van der Waals surface area (Å²) in [7, 11) is 0. The van der Waals surface area contributed by atoms with Gasteiger partial charge in [-0.25, -0.2) is 0 Å². The lowest BCUT2D eigenvalue weighted by Crippen LogP contribution is -2.17. The van der Waals surface area contributed by atoms with E-state index in [1.54, 1.807) is 13.8 Å². The third-order valence-electron chi connectivity index (χ3n) is 1.50. The van der Waals surface area contributed by atoms with Gasteiger partial charge in [0.05, 0.1) is 10.6 Å². The van der Waals surface area contributed by atoms with Crippen molar-refractivity contribution in [3.8, 4) is 11.5 Å². The lowest BCUT2D eigenvalue weighted by atomic mass is 10.3. The molecule has 1 aromatic carbocycles. The zero-order chi connectivity index (χ0) is 12.3. The summed E-state index contributed by atoms with van der Waals surface area (Å²) < 4.78 is 45.5. The normalized spacial score (nSPS) is 11.7. The fourth-order valence-electron chi connectivity index (χ4n) is 1.03. The second kappa shape index (κ2) is 4.95. The maximum Gasteiger partial charge on any atom is 0.573 e. The molecule has 0 aliphatic heterocycles. The van der Waals surface area contributed by atoms with Gasteiger partial charge < -0.3 is 9.47 Å². The van der Waals surface area contributed by atoms with Crippen molar-refractivity contribution in [1.82, 2.24) is 0 Å². The first-order valence-electron chi connectivity index (χ1n) is 4.50. The maximum atomic E-state index is 12.0. The van der Waals surface area contributed by atoms with Gasteiger partial charge in [-0.1, -0.05) is 0 Å². The Hall–Kier alpha value is -0.910. The maximum absolute atomic E-state index is 12.0. The van der Waals surface area contributed by atoms with Crippen LogP contribution in [-0.4, -0.2) is 12.5 Å². The summed E-state index contributed by atoms with van der Waals surface area (Å²) in [6, 6.07) is 3.85. The minimum atomic E-state index is -4.69. The van der Waals surface area contributed by atoms with E-state index in [9.17, 15) is 13.2 Å². The first kappa shape index (κ1) is 13.2. The van der Waals surface area contributed by atoms with E-state index in [1.165, 1.54) is 18.2 Å². The van der Waals surface area contributed by atoms with E-state index in [-0.39, 0.29) is 11.9 Å². The summed E-state index contributed by atoms with van der Waals surface area (Å²) >= 11 is 3.18. The highest BCUT2D eigenvalue weighted by atomic mass is 79.9. The van der Waals surface area contributed by atoms with Crippen LogP contribution in [0.15, 0.2) is 22.7 Å². The van der Waals surface area contributed by atoms with Crippen LogP contribution in [0.2, 0.25) is 0 Å². The lowest BCUT2D eigenvalue weighted by molar-refractivity contribution is -0.274. The van der Waals surface area contributed by atoms with Crippen LogP contribution in [-0.2, 0) is 0 Å². The largest absolute Gasteiger partial charge is 0.573 e. The molecule has 0 spiro atoms. The average Bonchev–Trinajstić information content (AvgIpc) is 2.07. The van der Waals surface area contributed by atoms with E-state index >= 15 is 0 Å². The van der Waals surface area contributed by atoms with Crippen LogP contribution in [0, 0.1) is 0 Å². The van der Waals surface area contributed by atoms with Crippen molar-refractivity contribution in [2.75, 3.05) is 0 Å². The average molecular weight is 299 g/mol. The SMILES string of the molecule is CC(C)Oc1cc(OC(F)(F)F)ccc1Br.